The zero-order valence-electron chi connectivity index (χ0n) is 17.9. The first-order valence-electron chi connectivity index (χ1n) is 10.2. The number of nitrogens with zero attached hydrogens (tertiary/aromatic N) is 1. The Labute approximate surface area is 185 Å². The summed E-state index contributed by atoms with van der Waals surface area (Å²) in [6, 6.07) is 12.5. The van der Waals surface area contributed by atoms with Gasteiger partial charge in [0.2, 0.25) is 0 Å². The Morgan fingerprint density at radius 1 is 1.00 bits per heavy atom. The van der Waals surface area contributed by atoms with Crippen LogP contribution in [0.2, 0.25) is 0 Å². The van der Waals surface area contributed by atoms with Gasteiger partial charge in [-0.1, -0.05) is 12.1 Å². The van der Waals surface area contributed by atoms with Crippen molar-refractivity contribution < 1.29 is 34.1 Å². The van der Waals surface area contributed by atoms with E-state index in [1.165, 1.54) is 12.0 Å². The number of rotatable bonds is 9. The molecule has 0 aromatic heterocycles. The SMILES string of the molecule is CCOc1ccc([C@H]2C(=C(O)c3ccc(OC)cc3)C(=O)C(=O)N2CCCC(=O)O)cc1. The van der Waals surface area contributed by atoms with E-state index < -0.39 is 23.7 Å². The fourth-order valence-electron chi connectivity index (χ4n) is 3.68. The second-order valence-corrected chi connectivity index (χ2v) is 7.22. The highest BCUT2D eigenvalue weighted by molar-refractivity contribution is 6.46. The minimum Gasteiger partial charge on any atom is -0.507 e. The van der Waals surface area contributed by atoms with Gasteiger partial charge < -0.3 is 24.6 Å². The summed E-state index contributed by atoms with van der Waals surface area (Å²) in [5.74, 6) is -1.66. The molecule has 2 N–H and O–H groups in total. The smallest absolute Gasteiger partial charge is 0.303 e. The predicted molar refractivity (Wildman–Crippen MR) is 116 cm³/mol. The molecule has 3 rings (SSSR count). The summed E-state index contributed by atoms with van der Waals surface area (Å²) in [6.07, 6.45) is 0.0376. The predicted octanol–water partition coefficient (Wildman–Crippen LogP) is 3.38. The van der Waals surface area contributed by atoms with Gasteiger partial charge in [-0.15, -0.1) is 0 Å². The topological polar surface area (TPSA) is 113 Å². The average molecular weight is 439 g/mol. The number of ether oxygens (including phenoxy) is 2. The molecule has 0 aliphatic carbocycles. The molecular weight excluding hydrogens is 414 g/mol. The van der Waals surface area contributed by atoms with Crippen molar-refractivity contribution in [3.63, 3.8) is 0 Å². The van der Waals surface area contributed by atoms with E-state index in [0.717, 1.165) is 0 Å². The van der Waals surface area contributed by atoms with Crippen LogP contribution in [0.25, 0.3) is 5.76 Å². The molecule has 0 radical (unpaired) electrons. The Kier molecular flexibility index (Phi) is 7.14. The molecule has 1 heterocycles. The minimum atomic E-state index is -0.988. The average Bonchev–Trinajstić information content (AvgIpc) is 3.04. The van der Waals surface area contributed by atoms with Crippen LogP contribution in [0, 0.1) is 0 Å². The number of Topliss-reactive ketones (excluding diaryl/α,β-unsaturated/α-hetero) is 1. The molecule has 1 saturated heterocycles. The summed E-state index contributed by atoms with van der Waals surface area (Å²) in [6.45, 7) is 2.42. The number of likely N-dealkylation sites (tertiary alicyclic amines) is 1. The van der Waals surface area contributed by atoms with Crippen LogP contribution in [0.1, 0.15) is 36.9 Å². The molecule has 8 heteroatoms. The van der Waals surface area contributed by atoms with Crippen LogP contribution in [0.4, 0.5) is 0 Å². The van der Waals surface area contributed by atoms with Gasteiger partial charge in [-0.3, -0.25) is 14.4 Å². The third-order valence-corrected chi connectivity index (χ3v) is 5.20. The number of aliphatic hydroxyl groups is 1. The van der Waals surface area contributed by atoms with E-state index in [9.17, 15) is 19.5 Å². The van der Waals surface area contributed by atoms with Gasteiger partial charge in [0, 0.05) is 18.5 Å². The molecule has 32 heavy (non-hydrogen) atoms. The molecule has 168 valence electrons. The number of methoxy groups -OCH3 is 1. The first-order chi connectivity index (χ1) is 15.4. The standard InChI is InChI=1S/C24H25NO7/c1-3-32-18-12-6-15(7-13-18)21-20(22(28)16-8-10-17(31-2)11-9-16)23(29)24(30)25(21)14-4-5-19(26)27/h6-13,21,28H,3-5,14H2,1-2H3,(H,26,27)/t21-/m0/s1. The molecule has 0 unspecified atom stereocenters. The number of carbonyl (C=O) groups excluding carboxylic acids is 2. The van der Waals surface area contributed by atoms with Crippen LogP contribution < -0.4 is 9.47 Å². The maximum absolute atomic E-state index is 12.9. The molecule has 0 spiro atoms. The molecular formula is C24H25NO7. The first-order valence-corrected chi connectivity index (χ1v) is 10.2. The lowest BCUT2D eigenvalue weighted by molar-refractivity contribution is -0.140. The molecule has 1 fully saturated rings. The number of ketones is 1. The second-order valence-electron chi connectivity index (χ2n) is 7.22. The highest BCUT2D eigenvalue weighted by atomic mass is 16.5. The Bertz CT molecular complexity index is 1030. The molecule has 1 amide bonds. The lowest BCUT2D eigenvalue weighted by Gasteiger charge is -2.25. The van der Waals surface area contributed by atoms with Gasteiger partial charge in [0.1, 0.15) is 17.3 Å². The number of amides is 1. The molecule has 1 aliphatic rings. The van der Waals surface area contributed by atoms with E-state index in [-0.39, 0.29) is 30.7 Å². The molecule has 1 atom stereocenters. The minimum absolute atomic E-state index is 0.0420. The Morgan fingerprint density at radius 3 is 2.19 bits per heavy atom. The third-order valence-electron chi connectivity index (χ3n) is 5.20. The number of carboxylic acid groups (broad SMARTS) is 1. The van der Waals surface area contributed by atoms with Crippen molar-refractivity contribution in [1.29, 1.82) is 0 Å². The maximum Gasteiger partial charge on any atom is 0.303 e. The summed E-state index contributed by atoms with van der Waals surface area (Å²) in [7, 11) is 1.52. The van der Waals surface area contributed by atoms with Crippen LogP contribution in [0.15, 0.2) is 54.1 Å². The van der Waals surface area contributed by atoms with Crippen molar-refractivity contribution in [2.45, 2.75) is 25.8 Å². The number of benzene rings is 2. The molecule has 2 aromatic carbocycles. The number of hydrogen-bond acceptors (Lipinski definition) is 6. The molecule has 0 bridgehead atoms. The molecule has 1 aliphatic heterocycles. The number of carbonyl (C=O) groups is 3. The quantitative estimate of drug-likeness (QED) is 0.350. The second kappa shape index (κ2) is 10.00. The normalized spacial score (nSPS) is 17.4. The lowest BCUT2D eigenvalue weighted by Crippen LogP contribution is -2.31. The summed E-state index contributed by atoms with van der Waals surface area (Å²) >= 11 is 0. The Hall–Kier alpha value is -3.81. The van der Waals surface area contributed by atoms with Gasteiger partial charge in [-0.2, -0.15) is 0 Å². The van der Waals surface area contributed by atoms with Gasteiger partial charge in [-0.25, -0.2) is 0 Å². The van der Waals surface area contributed by atoms with E-state index in [4.69, 9.17) is 14.6 Å². The van der Waals surface area contributed by atoms with Gasteiger partial charge in [-0.05, 0) is 55.3 Å². The number of aliphatic carboxylic acids is 1. The first kappa shape index (κ1) is 22.9. The van der Waals surface area contributed by atoms with Crippen LogP contribution in [0.3, 0.4) is 0 Å². The van der Waals surface area contributed by atoms with Gasteiger partial charge >= 0.3 is 5.97 Å². The fourth-order valence-corrected chi connectivity index (χ4v) is 3.68. The van der Waals surface area contributed by atoms with Crippen molar-refractivity contribution in [2.75, 3.05) is 20.3 Å². The Balaban J connectivity index is 2.06. The van der Waals surface area contributed by atoms with Gasteiger partial charge in [0.25, 0.3) is 11.7 Å². The van der Waals surface area contributed by atoms with Gasteiger partial charge in [0.15, 0.2) is 0 Å². The van der Waals surface area contributed by atoms with Crippen molar-refractivity contribution in [3.8, 4) is 11.5 Å². The number of aliphatic hydroxyl groups excluding tert-OH is 1. The van der Waals surface area contributed by atoms with E-state index in [1.54, 1.807) is 48.5 Å². The van der Waals surface area contributed by atoms with Gasteiger partial charge in [0.05, 0.1) is 25.3 Å². The summed E-state index contributed by atoms with van der Waals surface area (Å²) < 4.78 is 10.6. The largest absolute Gasteiger partial charge is 0.507 e. The number of hydrogen-bond donors (Lipinski definition) is 2. The van der Waals surface area contributed by atoms with Crippen molar-refractivity contribution >= 4 is 23.4 Å². The van der Waals surface area contributed by atoms with Crippen molar-refractivity contribution in [1.82, 2.24) is 4.90 Å². The monoisotopic (exact) mass is 439 g/mol. The highest BCUT2D eigenvalue weighted by Gasteiger charge is 2.45. The van der Waals surface area contributed by atoms with E-state index in [1.807, 2.05) is 6.92 Å². The maximum atomic E-state index is 12.9. The zero-order chi connectivity index (χ0) is 23.3. The number of carboxylic acids is 1. The van der Waals surface area contributed by atoms with Crippen molar-refractivity contribution in [3.05, 3.63) is 65.2 Å². The highest BCUT2D eigenvalue weighted by Crippen LogP contribution is 2.40. The van der Waals surface area contributed by atoms with Crippen LogP contribution in [0.5, 0.6) is 11.5 Å². The summed E-state index contributed by atoms with van der Waals surface area (Å²) in [4.78, 5) is 38.0. The summed E-state index contributed by atoms with van der Waals surface area (Å²) in [5, 5.41) is 20.0. The van der Waals surface area contributed by atoms with E-state index in [2.05, 4.69) is 0 Å². The van der Waals surface area contributed by atoms with Crippen LogP contribution >= 0.6 is 0 Å². The third kappa shape index (κ3) is 4.74. The Morgan fingerprint density at radius 2 is 1.62 bits per heavy atom. The molecule has 0 saturated carbocycles. The van der Waals surface area contributed by atoms with Crippen LogP contribution in [-0.2, 0) is 14.4 Å². The van der Waals surface area contributed by atoms with Crippen molar-refractivity contribution in [2.24, 2.45) is 0 Å². The van der Waals surface area contributed by atoms with E-state index >= 15 is 0 Å². The lowest BCUT2D eigenvalue weighted by atomic mass is 9.95. The van der Waals surface area contributed by atoms with E-state index in [0.29, 0.717) is 29.2 Å². The zero-order valence-corrected chi connectivity index (χ0v) is 17.9. The summed E-state index contributed by atoms with van der Waals surface area (Å²) in [5.41, 5.74) is 0.933. The molecule has 8 nitrogen and oxygen atoms in total. The van der Waals surface area contributed by atoms with Crippen LogP contribution in [-0.4, -0.2) is 53.0 Å². The molecule has 2 aromatic rings. The fraction of sp³-hybridized carbons (Fsp3) is 0.292.